The first-order valence-electron chi connectivity index (χ1n) is 7.36. The van der Waals surface area contributed by atoms with E-state index in [0.29, 0.717) is 6.04 Å². The summed E-state index contributed by atoms with van der Waals surface area (Å²) in [7, 11) is 1.68. The molecule has 2 rings (SSSR count). The monoisotopic (exact) mass is 341 g/mol. The summed E-state index contributed by atoms with van der Waals surface area (Å²) in [5.74, 6) is 1.57. The smallest absolute Gasteiger partial charge is 0.175 e. The molecule has 0 unspecified atom stereocenters. The topological polar surface area (TPSA) is 30.5 Å². The molecule has 1 fully saturated rings. The van der Waals surface area contributed by atoms with Gasteiger partial charge in [0.05, 0.1) is 17.7 Å². The molecule has 1 N–H and O–H groups in total. The van der Waals surface area contributed by atoms with Crippen LogP contribution in [0, 0.1) is 0 Å². The SMILES string of the molecule is COc1cc(CNC2CCCC2)cc(Br)c1OC(C)C. The van der Waals surface area contributed by atoms with E-state index >= 15 is 0 Å². The van der Waals surface area contributed by atoms with Crippen LogP contribution < -0.4 is 14.8 Å². The molecule has 20 heavy (non-hydrogen) atoms. The Morgan fingerprint density at radius 3 is 2.60 bits per heavy atom. The fourth-order valence-electron chi connectivity index (χ4n) is 2.62. The Labute approximate surface area is 130 Å². The molecule has 0 radical (unpaired) electrons. The molecule has 0 atom stereocenters. The van der Waals surface area contributed by atoms with Crippen molar-refractivity contribution in [2.45, 2.75) is 58.2 Å². The van der Waals surface area contributed by atoms with E-state index in [0.717, 1.165) is 22.5 Å². The van der Waals surface area contributed by atoms with Gasteiger partial charge in [-0.1, -0.05) is 12.8 Å². The number of methoxy groups -OCH3 is 1. The number of benzene rings is 1. The second kappa shape index (κ2) is 7.32. The highest BCUT2D eigenvalue weighted by atomic mass is 79.9. The van der Waals surface area contributed by atoms with Gasteiger partial charge in [-0.3, -0.25) is 0 Å². The maximum Gasteiger partial charge on any atom is 0.175 e. The molecule has 4 heteroatoms. The fourth-order valence-corrected chi connectivity index (χ4v) is 3.20. The largest absolute Gasteiger partial charge is 0.493 e. The molecule has 112 valence electrons. The van der Waals surface area contributed by atoms with Gasteiger partial charge in [-0.25, -0.2) is 0 Å². The van der Waals surface area contributed by atoms with Crippen molar-refractivity contribution in [3.63, 3.8) is 0 Å². The van der Waals surface area contributed by atoms with Gasteiger partial charge in [-0.15, -0.1) is 0 Å². The van der Waals surface area contributed by atoms with Crippen LogP contribution in [-0.4, -0.2) is 19.3 Å². The summed E-state index contributed by atoms with van der Waals surface area (Å²) >= 11 is 3.59. The van der Waals surface area contributed by atoms with Crippen molar-refractivity contribution in [1.82, 2.24) is 5.32 Å². The summed E-state index contributed by atoms with van der Waals surface area (Å²) in [5, 5.41) is 3.62. The Hall–Kier alpha value is -0.740. The lowest BCUT2D eigenvalue weighted by Gasteiger charge is -2.17. The van der Waals surface area contributed by atoms with Gasteiger partial charge in [0.15, 0.2) is 11.5 Å². The first kappa shape index (κ1) is 15.6. The summed E-state index contributed by atoms with van der Waals surface area (Å²) in [4.78, 5) is 0. The predicted octanol–water partition coefficient (Wildman–Crippen LogP) is 4.28. The van der Waals surface area contributed by atoms with Crippen LogP contribution in [0.1, 0.15) is 45.1 Å². The van der Waals surface area contributed by atoms with E-state index in [1.807, 2.05) is 13.8 Å². The quantitative estimate of drug-likeness (QED) is 0.837. The Morgan fingerprint density at radius 2 is 2.00 bits per heavy atom. The number of hydrogen-bond acceptors (Lipinski definition) is 3. The number of ether oxygens (including phenoxy) is 2. The molecule has 0 bridgehead atoms. The standard InChI is InChI=1S/C16H24BrNO2/c1-11(2)20-16-14(17)8-12(9-15(16)19-3)10-18-13-6-4-5-7-13/h8-9,11,13,18H,4-7,10H2,1-3H3. The summed E-state index contributed by atoms with van der Waals surface area (Å²) in [6.07, 6.45) is 5.43. The minimum Gasteiger partial charge on any atom is -0.493 e. The minimum atomic E-state index is 0.127. The van der Waals surface area contributed by atoms with E-state index in [4.69, 9.17) is 9.47 Å². The van der Waals surface area contributed by atoms with E-state index in [-0.39, 0.29) is 6.10 Å². The van der Waals surface area contributed by atoms with Gasteiger partial charge in [0.2, 0.25) is 0 Å². The van der Waals surface area contributed by atoms with E-state index in [9.17, 15) is 0 Å². The molecule has 1 aliphatic rings. The van der Waals surface area contributed by atoms with E-state index in [1.54, 1.807) is 7.11 Å². The normalized spacial score (nSPS) is 15.8. The zero-order valence-corrected chi connectivity index (χ0v) is 14.1. The summed E-state index contributed by atoms with van der Waals surface area (Å²) in [6.45, 7) is 4.91. The summed E-state index contributed by atoms with van der Waals surface area (Å²) < 4.78 is 12.2. The molecule has 1 aliphatic carbocycles. The number of nitrogens with one attached hydrogen (secondary N) is 1. The van der Waals surface area contributed by atoms with Gasteiger partial charge in [-0.05, 0) is 60.3 Å². The molecule has 0 spiro atoms. The number of rotatable bonds is 6. The third-order valence-electron chi connectivity index (χ3n) is 3.59. The molecular formula is C16H24BrNO2. The molecule has 0 heterocycles. The Balaban J connectivity index is 2.08. The van der Waals surface area contributed by atoms with Crippen molar-refractivity contribution in [2.75, 3.05) is 7.11 Å². The fraction of sp³-hybridized carbons (Fsp3) is 0.625. The van der Waals surface area contributed by atoms with Crippen molar-refractivity contribution in [3.05, 3.63) is 22.2 Å². The van der Waals surface area contributed by atoms with Crippen LogP contribution in [0.5, 0.6) is 11.5 Å². The lowest BCUT2D eigenvalue weighted by atomic mass is 10.1. The molecule has 3 nitrogen and oxygen atoms in total. The lowest BCUT2D eigenvalue weighted by Crippen LogP contribution is -2.25. The van der Waals surface area contributed by atoms with Crippen LogP contribution in [0.3, 0.4) is 0 Å². The Kier molecular flexibility index (Phi) is 5.73. The number of halogens is 1. The first-order chi connectivity index (χ1) is 9.60. The molecule has 1 aromatic carbocycles. The Bertz CT molecular complexity index is 442. The van der Waals surface area contributed by atoms with Crippen molar-refractivity contribution in [2.24, 2.45) is 0 Å². The van der Waals surface area contributed by atoms with Gasteiger partial charge in [0.1, 0.15) is 0 Å². The van der Waals surface area contributed by atoms with E-state index in [1.165, 1.54) is 31.2 Å². The maximum atomic E-state index is 5.81. The summed E-state index contributed by atoms with van der Waals surface area (Å²) in [6, 6.07) is 4.85. The van der Waals surface area contributed by atoms with E-state index < -0.39 is 0 Å². The van der Waals surface area contributed by atoms with Gasteiger partial charge in [0.25, 0.3) is 0 Å². The minimum absolute atomic E-state index is 0.127. The zero-order valence-electron chi connectivity index (χ0n) is 12.5. The first-order valence-corrected chi connectivity index (χ1v) is 8.16. The highest BCUT2D eigenvalue weighted by Gasteiger charge is 2.16. The van der Waals surface area contributed by atoms with Crippen LogP contribution in [-0.2, 0) is 6.54 Å². The zero-order chi connectivity index (χ0) is 14.5. The second-order valence-electron chi connectivity index (χ2n) is 5.64. The predicted molar refractivity (Wildman–Crippen MR) is 85.6 cm³/mol. The van der Waals surface area contributed by atoms with Crippen molar-refractivity contribution in [1.29, 1.82) is 0 Å². The maximum absolute atomic E-state index is 5.81. The van der Waals surface area contributed by atoms with Crippen molar-refractivity contribution >= 4 is 15.9 Å². The van der Waals surface area contributed by atoms with Crippen molar-refractivity contribution in [3.8, 4) is 11.5 Å². The van der Waals surface area contributed by atoms with Crippen LogP contribution in [0.2, 0.25) is 0 Å². The van der Waals surface area contributed by atoms with Crippen LogP contribution in [0.4, 0.5) is 0 Å². The van der Waals surface area contributed by atoms with Crippen molar-refractivity contribution < 1.29 is 9.47 Å². The molecular weight excluding hydrogens is 318 g/mol. The van der Waals surface area contributed by atoms with Gasteiger partial charge >= 0.3 is 0 Å². The third-order valence-corrected chi connectivity index (χ3v) is 4.18. The molecule has 1 aromatic rings. The highest BCUT2D eigenvalue weighted by molar-refractivity contribution is 9.10. The van der Waals surface area contributed by atoms with Crippen LogP contribution in [0.15, 0.2) is 16.6 Å². The van der Waals surface area contributed by atoms with Gasteiger partial charge in [0, 0.05) is 12.6 Å². The van der Waals surface area contributed by atoms with Gasteiger partial charge in [-0.2, -0.15) is 0 Å². The average molecular weight is 342 g/mol. The third kappa shape index (κ3) is 4.13. The second-order valence-corrected chi connectivity index (χ2v) is 6.49. The average Bonchev–Trinajstić information content (AvgIpc) is 2.91. The Morgan fingerprint density at radius 1 is 1.30 bits per heavy atom. The molecule has 0 aromatic heterocycles. The van der Waals surface area contributed by atoms with E-state index in [2.05, 4.69) is 33.4 Å². The lowest BCUT2D eigenvalue weighted by molar-refractivity contribution is 0.228. The molecule has 1 saturated carbocycles. The molecule has 0 amide bonds. The molecule has 0 aliphatic heterocycles. The molecule has 0 saturated heterocycles. The number of hydrogen-bond donors (Lipinski definition) is 1. The highest BCUT2D eigenvalue weighted by Crippen LogP contribution is 2.37. The van der Waals surface area contributed by atoms with Crippen LogP contribution >= 0.6 is 15.9 Å². The van der Waals surface area contributed by atoms with Gasteiger partial charge < -0.3 is 14.8 Å². The summed E-state index contributed by atoms with van der Waals surface area (Å²) in [5.41, 5.74) is 1.22. The van der Waals surface area contributed by atoms with Crippen LogP contribution in [0.25, 0.3) is 0 Å².